The minimum Gasteiger partial charge on any atom is -0.376 e. The van der Waals surface area contributed by atoms with Gasteiger partial charge >= 0.3 is 0 Å². The monoisotopic (exact) mass is 313 g/mol. The molecule has 0 aliphatic carbocycles. The van der Waals surface area contributed by atoms with Crippen LogP contribution in [0.3, 0.4) is 0 Å². The summed E-state index contributed by atoms with van der Waals surface area (Å²) in [5.41, 5.74) is 8.68. The lowest BCUT2D eigenvalue weighted by atomic mass is 9.93. The van der Waals surface area contributed by atoms with E-state index in [2.05, 4.69) is 55.5 Å². The van der Waals surface area contributed by atoms with Gasteiger partial charge in [0.15, 0.2) is 0 Å². The van der Waals surface area contributed by atoms with Gasteiger partial charge in [-0.15, -0.1) is 0 Å². The SMILES string of the molecule is Cc1ccc(-c2cccc(C(C)(C)OCCC(C)(N)O)c2)cc1. The third-order valence-corrected chi connectivity index (χ3v) is 4.01. The average molecular weight is 313 g/mol. The van der Waals surface area contributed by atoms with Gasteiger partial charge in [0.1, 0.15) is 5.72 Å². The van der Waals surface area contributed by atoms with Gasteiger partial charge in [0.25, 0.3) is 0 Å². The zero-order chi connectivity index (χ0) is 17.1. The van der Waals surface area contributed by atoms with Crippen molar-refractivity contribution in [2.24, 2.45) is 5.73 Å². The van der Waals surface area contributed by atoms with Crippen molar-refractivity contribution >= 4 is 0 Å². The van der Waals surface area contributed by atoms with Crippen LogP contribution in [-0.4, -0.2) is 17.4 Å². The van der Waals surface area contributed by atoms with Crippen LogP contribution in [0.25, 0.3) is 11.1 Å². The summed E-state index contributed by atoms with van der Waals surface area (Å²) >= 11 is 0. The third kappa shape index (κ3) is 5.17. The summed E-state index contributed by atoms with van der Waals surface area (Å²) in [5.74, 6) is 0. The number of rotatable bonds is 6. The highest BCUT2D eigenvalue weighted by atomic mass is 16.5. The van der Waals surface area contributed by atoms with Gasteiger partial charge in [-0.2, -0.15) is 0 Å². The Morgan fingerprint density at radius 1 is 1.00 bits per heavy atom. The van der Waals surface area contributed by atoms with E-state index in [0.29, 0.717) is 13.0 Å². The van der Waals surface area contributed by atoms with E-state index in [-0.39, 0.29) is 0 Å². The Morgan fingerprint density at radius 2 is 1.65 bits per heavy atom. The van der Waals surface area contributed by atoms with Crippen molar-refractivity contribution in [1.82, 2.24) is 0 Å². The molecule has 0 radical (unpaired) electrons. The lowest BCUT2D eigenvalue weighted by Crippen LogP contribution is -2.37. The van der Waals surface area contributed by atoms with E-state index in [1.54, 1.807) is 6.92 Å². The molecular formula is C20H27NO2. The van der Waals surface area contributed by atoms with Crippen molar-refractivity contribution in [3.8, 4) is 11.1 Å². The largest absolute Gasteiger partial charge is 0.376 e. The molecule has 3 nitrogen and oxygen atoms in total. The summed E-state index contributed by atoms with van der Waals surface area (Å²) in [6, 6.07) is 16.9. The molecule has 0 saturated heterocycles. The maximum atomic E-state index is 9.60. The first-order valence-corrected chi connectivity index (χ1v) is 8.00. The maximum absolute atomic E-state index is 9.60. The molecule has 2 rings (SSSR count). The van der Waals surface area contributed by atoms with Gasteiger partial charge < -0.3 is 15.6 Å². The van der Waals surface area contributed by atoms with E-state index in [1.165, 1.54) is 16.7 Å². The second kappa shape index (κ2) is 6.83. The Labute approximate surface area is 139 Å². The average Bonchev–Trinajstić information content (AvgIpc) is 2.46. The molecule has 1 atom stereocenters. The molecule has 0 amide bonds. The number of aliphatic hydroxyl groups is 1. The first-order valence-electron chi connectivity index (χ1n) is 8.00. The van der Waals surface area contributed by atoms with Crippen LogP contribution in [0, 0.1) is 6.92 Å². The Kier molecular flexibility index (Phi) is 5.25. The molecule has 0 fully saturated rings. The zero-order valence-electron chi connectivity index (χ0n) is 14.5. The van der Waals surface area contributed by atoms with Crippen LogP contribution in [0.1, 0.15) is 38.3 Å². The fourth-order valence-corrected chi connectivity index (χ4v) is 2.42. The fourth-order valence-electron chi connectivity index (χ4n) is 2.42. The second-order valence-electron chi connectivity index (χ2n) is 6.91. The summed E-state index contributed by atoms with van der Waals surface area (Å²) in [6.45, 7) is 8.15. The molecule has 124 valence electrons. The normalized spacial score (nSPS) is 14.5. The van der Waals surface area contributed by atoms with Crippen LogP contribution in [-0.2, 0) is 10.3 Å². The van der Waals surface area contributed by atoms with E-state index >= 15 is 0 Å². The summed E-state index contributed by atoms with van der Waals surface area (Å²) < 4.78 is 5.96. The smallest absolute Gasteiger partial charge is 0.112 e. The first kappa shape index (κ1) is 17.7. The van der Waals surface area contributed by atoms with Gasteiger partial charge in [0, 0.05) is 6.42 Å². The van der Waals surface area contributed by atoms with Crippen LogP contribution < -0.4 is 5.73 Å². The van der Waals surface area contributed by atoms with Crippen LogP contribution in [0.4, 0.5) is 0 Å². The molecule has 23 heavy (non-hydrogen) atoms. The van der Waals surface area contributed by atoms with Gasteiger partial charge in [-0.25, -0.2) is 0 Å². The van der Waals surface area contributed by atoms with Crippen LogP contribution in [0.5, 0.6) is 0 Å². The van der Waals surface area contributed by atoms with E-state index < -0.39 is 11.3 Å². The fraction of sp³-hybridized carbons (Fsp3) is 0.400. The van der Waals surface area contributed by atoms with Crippen LogP contribution in [0.2, 0.25) is 0 Å². The highest BCUT2D eigenvalue weighted by Crippen LogP contribution is 2.29. The second-order valence-corrected chi connectivity index (χ2v) is 6.91. The minimum absolute atomic E-state index is 0.397. The Morgan fingerprint density at radius 3 is 2.26 bits per heavy atom. The number of hydrogen-bond acceptors (Lipinski definition) is 3. The van der Waals surface area contributed by atoms with Crippen molar-refractivity contribution in [2.45, 2.75) is 45.4 Å². The molecule has 0 heterocycles. The molecule has 3 heteroatoms. The molecular weight excluding hydrogens is 286 g/mol. The highest BCUT2D eigenvalue weighted by molar-refractivity contribution is 5.64. The molecule has 0 spiro atoms. The molecule has 2 aromatic carbocycles. The number of ether oxygens (including phenoxy) is 1. The number of nitrogens with two attached hydrogens (primary N) is 1. The third-order valence-electron chi connectivity index (χ3n) is 4.01. The number of benzene rings is 2. The van der Waals surface area contributed by atoms with E-state index in [0.717, 1.165) is 5.56 Å². The van der Waals surface area contributed by atoms with Gasteiger partial charge in [0.05, 0.1) is 12.2 Å². The summed E-state index contributed by atoms with van der Waals surface area (Å²) in [6.07, 6.45) is 0.397. The van der Waals surface area contributed by atoms with Gasteiger partial charge in [-0.3, -0.25) is 0 Å². The van der Waals surface area contributed by atoms with Crippen molar-refractivity contribution < 1.29 is 9.84 Å². The first-order chi connectivity index (χ1) is 10.7. The van der Waals surface area contributed by atoms with Gasteiger partial charge in [-0.05, 0) is 50.5 Å². The van der Waals surface area contributed by atoms with Crippen molar-refractivity contribution in [3.05, 3.63) is 59.7 Å². The van der Waals surface area contributed by atoms with Crippen molar-refractivity contribution in [3.63, 3.8) is 0 Å². The van der Waals surface area contributed by atoms with E-state index in [9.17, 15) is 5.11 Å². The lowest BCUT2D eigenvalue weighted by Gasteiger charge is -2.28. The Hall–Kier alpha value is -1.68. The van der Waals surface area contributed by atoms with Gasteiger partial charge in [0.2, 0.25) is 0 Å². The van der Waals surface area contributed by atoms with E-state index in [4.69, 9.17) is 10.5 Å². The maximum Gasteiger partial charge on any atom is 0.112 e. The Bertz CT molecular complexity index is 639. The lowest BCUT2D eigenvalue weighted by molar-refractivity contribution is -0.0523. The quantitative estimate of drug-likeness (QED) is 0.793. The number of aryl methyl sites for hydroxylation is 1. The topological polar surface area (TPSA) is 55.5 Å². The summed E-state index contributed by atoms with van der Waals surface area (Å²) in [5, 5.41) is 9.60. The molecule has 3 N–H and O–H groups in total. The zero-order valence-corrected chi connectivity index (χ0v) is 14.5. The molecule has 1 unspecified atom stereocenters. The van der Waals surface area contributed by atoms with Crippen molar-refractivity contribution in [2.75, 3.05) is 6.61 Å². The molecule has 0 aliphatic heterocycles. The molecule has 0 saturated carbocycles. The Balaban J connectivity index is 2.16. The predicted molar refractivity (Wildman–Crippen MR) is 95.0 cm³/mol. The standard InChI is InChI=1S/C20H27NO2/c1-15-8-10-16(11-9-15)17-6-5-7-18(14-17)19(2,3)23-13-12-20(4,21)22/h5-11,14,22H,12-13,21H2,1-4H3. The summed E-state index contributed by atoms with van der Waals surface area (Å²) in [4.78, 5) is 0. The molecule has 0 aliphatic rings. The minimum atomic E-state index is -1.19. The predicted octanol–water partition coefficient (Wildman–Crippen LogP) is 3.97. The van der Waals surface area contributed by atoms with Gasteiger partial charge in [-0.1, -0.05) is 48.0 Å². The molecule has 2 aromatic rings. The molecule has 0 bridgehead atoms. The number of hydrogen-bond donors (Lipinski definition) is 2. The highest BCUT2D eigenvalue weighted by Gasteiger charge is 2.23. The molecule has 0 aromatic heterocycles. The summed E-state index contributed by atoms with van der Waals surface area (Å²) in [7, 11) is 0. The van der Waals surface area contributed by atoms with Crippen LogP contribution in [0.15, 0.2) is 48.5 Å². The van der Waals surface area contributed by atoms with E-state index in [1.807, 2.05) is 13.8 Å². The van der Waals surface area contributed by atoms with Crippen LogP contribution >= 0.6 is 0 Å². The van der Waals surface area contributed by atoms with Crippen molar-refractivity contribution in [1.29, 1.82) is 0 Å².